The van der Waals surface area contributed by atoms with E-state index in [2.05, 4.69) is 4.98 Å². The van der Waals surface area contributed by atoms with Gasteiger partial charge in [-0.1, -0.05) is 23.7 Å². The highest BCUT2D eigenvalue weighted by atomic mass is 35.5. The van der Waals surface area contributed by atoms with Crippen LogP contribution in [0.3, 0.4) is 0 Å². The highest BCUT2D eigenvalue weighted by Gasteiger charge is 2.17. The molecule has 0 unspecified atom stereocenters. The van der Waals surface area contributed by atoms with Crippen molar-refractivity contribution in [2.75, 3.05) is 7.05 Å². The van der Waals surface area contributed by atoms with Gasteiger partial charge in [0, 0.05) is 24.0 Å². The number of furan rings is 1. The number of thiazole rings is 1. The number of benzene rings is 1. The molecule has 4 nitrogen and oxygen atoms in total. The molecule has 2 aromatic heterocycles. The first kappa shape index (κ1) is 15.8. The lowest BCUT2D eigenvalue weighted by Gasteiger charge is -2.16. The number of hydrogen-bond donors (Lipinski definition) is 0. The first-order valence-corrected chi connectivity index (χ1v) is 8.31. The monoisotopic (exact) mass is 346 g/mol. The van der Waals surface area contributed by atoms with Crippen LogP contribution in [0.15, 0.2) is 46.2 Å². The Morgan fingerprint density at radius 3 is 2.87 bits per heavy atom. The van der Waals surface area contributed by atoms with Crippen LogP contribution >= 0.6 is 22.9 Å². The van der Waals surface area contributed by atoms with E-state index in [1.807, 2.05) is 43.3 Å². The topological polar surface area (TPSA) is 46.3 Å². The van der Waals surface area contributed by atoms with Crippen LogP contribution in [0, 0.1) is 6.92 Å². The molecule has 0 aliphatic rings. The zero-order valence-electron chi connectivity index (χ0n) is 12.7. The maximum atomic E-state index is 12.5. The van der Waals surface area contributed by atoms with Crippen molar-refractivity contribution >= 4 is 28.8 Å². The van der Waals surface area contributed by atoms with Gasteiger partial charge in [0.25, 0.3) is 5.91 Å². The Kier molecular flexibility index (Phi) is 4.50. The summed E-state index contributed by atoms with van der Waals surface area (Å²) in [7, 11) is 1.75. The van der Waals surface area contributed by atoms with Crippen molar-refractivity contribution in [3.8, 4) is 10.8 Å². The van der Waals surface area contributed by atoms with Crippen LogP contribution in [0.5, 0.6) is 0 Å². The third-order valence-electron chi connectivity index (χ3n) is 3.33. The second-order valence-corrected chi connectivity index (χ2v) is 6.53. The van der Waals surface area contributed by atoms with E-state index in [0.29, 0.717) is 28.0 Å². The van der Waals surface area contributed by atoms with Crippen molar-refractivity contribution in [3.63, 3.8) is 0 Å². The molecule has 0 N–H and O–H groups in total. The average Bonchev–Trinajstić information content (AvgIpc) is 3.15. The zero-order valence-corrected chi connectivity index (χ0v) is 14.3. The zero-order chi connectivity index (χ0) is 16.4. The molecule has 6 heteroatoms. The number of carbonyl (C=O) groups excluding carboxylic acids is 1. The van der Waals surface area contributed by atoms with Crippen molar-refractivity contribution in [2.24, 2.45) is 0 Å². The smallest absolute Gasteiger partial charge is 0.273 e. The lowest BCUT2D eigenvalue weighted by atomic mass is 10.2. The van der Waals surface area contributed by atoms with Gasteiger partial charge in [-0.3, -0.25) is 4.79 Å². The van der Waals surface area contributed by atoms with E-state index in [-0.39, 0.29) is 5.91 Å². The molecule has 23 heavy (non-hydrogen) atoms. The minimum absolute atomic E-state index is 0.129. The highest BCUT2D eigenvalue weighted by molar-refractivity contribution is 7.13. The van der Waals surface area contributed by atoms with Crippen molar-refractivity contribution in [2.45, 2.75) is 13.5 Å². The molecule has 2 heterocycles. The SMILES string of the molecule is Cc1ccc(-c2nc(C(=O)N(C)Cc3cccc(Cl)c3)cs2)o1. The molecular formula is C17H15ClN2O2S. The number of aromatic nitrogens is 1. The molecule has 0 saturated carbocycles. The Hall–Kier alpha value is -2.11. The average molecular weight is 347 g/mol. The molecule has 0 saturated heterocycles. The Morgan fingerprint density at radius 1 is 1.35 bits per heavy atom. The molecule has 1 aromatic carbocycles. The number of carbonyl (C=O) groups is 1. The van der Waals surface area contributed by atoms with Crippen LogP contribution in [0.1, 0.15) is 21.8 Å². The summed E-state index contributed by atoms with van der Waals surface area (Å²) in [6.45, 7) is 2.36. The maximum Gasteiger partial charge on any atom is 0.273 e. The summed E-state index contributed by atoms with van der Waals surface area (Å²) < 4.78 is 5.54. The van der Waals surface area contributed by atoms with Crippen molar-refractivity contribution in [3.05, 3.63) is 63.8 Å². The van der Waals surface area contributed by atoms with Gasteiger partial charge in [-0.2, -0.15) is 0 Å². The molecule has 0 radical (unpaired) electrons. The van der Waals surface area contributed by atoms with E-state index >= 15 is 0 Å². The molecule has 3 aromatic rings. The van der Waals surface area contributed by atoms with Crippen LogP contribution in [0.25, 0.3) is 10.8 Å². The van der Waals surface area contributed by atoms with E-state index in [0.717, 1.165) is 11.3 Å². The summed E-state index contributed by atoms with van der Waals surface area (Å²) in [6.07, 6.45) is 0. The number of hydrogen-bond acceptors (Lipinski definition) is 4. The Morgan fingerprint density at radius 2 is 2.17 bits per heavy atom. The molecule has 0 aliphatic heterocycles. The fourth-order valence-electron chi connectivity index (χ4n) is 2.21. The molecule has 3 rings (SSSR count). The summed E-state index contributed by atoms with van der Waals surface area (Å²) in [6, 6.07) is 11.2. The molecule has 0 bridgehead atoms. The fourth-order valence-corrected chi connectivity index (χ4v) is 3.18. The first-order chi connectivity index (χ1) is 11.0. The van der Waals surface area contributed by atoms with Gasteiger partial charge in [0.1, 0.15) is 11.5 Å². The number of nitrogens with zero attached hydrogens (tertiary/aromatic N) is 2. The van der Waals surface area contributed by atoms with Gasteiger partial charge in [-0.15, -0.1) is 11.3 Å². The summed E-state index contributed by atoms with van der Waals surface area (Å²) in [5.41, 5.74) is 1.40. The van der Waals surface area contributed by atoms with Gasteiger partial charge in [0.05, 0.1) is 0 Å². The summed E-state index contributed by atoms with van der Waals surface area (Å²) in [5.74, 6) is 1.38. The number of amides is 1. The molecular weight excluding hydrogens is 332 g/mol. The van der Waals surface area contributed by atoms with Crippen LogP contribution < -0.4 is 0 Å². The largest absolute Gasteiger partial charge is 0.459 e. The normalized spacial score (nSPS) is 10.7. The maximum absolute atomic E-state index is 12.5. The van der Waals surface area contributed by atoms with Crippen molar-refractivity contribution < 1.29 is 9.21 Å². The fraction of sp³-hybridized carbons (Fsp3) is 0.176. The molecule has 0 fully saturated rings. The molecule has 0 atom stereocenters. The van der Waals surface area contributed by atoms with Crippen molar-refractivity contribution in [1.82, 2.24) is 9.88 Å². The van der Waals surface area contributed by atoms with Gasteiger partial charge in [-0.05, 0) is 36.8 Å². The van der Waals surface area contributed by atoms with E-state index in [1.165, 1.54) is 11.3 Å². The quantitative estimate of drug-likeness (QED) is 0.691. The van der Waals surface area contributed by atoms with Crippen LogP contribution in [0.2, 0.25) is 5.02 Å². The van der Waals surface area contributed by atoms with Crippen LogP contribution in [-0.2, 0) is 6.54 Å². The first-order valence-electron chi connectivity index (χ1n) is 7.05. The number of halogens is 1. The van der Waals surface area contributed by atoms with Crippen LogP contribution in [-0.4, -0.2) is 22.8 Å². The number of rotatable bonds is 4. The minimum Gasteiger partial charge on any atom is -0.459 e. The summed E-state index contributed by atoms with van der Waals surface area (Å²) in [5, 5.41) is 3.12. The third-order valence-corrected chi connectivity index (χ3v) is 4.42. The van der Waals surface area contributed by atoms with Gasteiger partial charge < -0.3 is 9.32 Å². The van der Waals surface area contributed by atoms with Gasteiger partial charge in [0.2, 0.25) is 0 Å². The van der Waals surface area contributed by atoms with E-state index in [1.54, 1.807) is 17.3 Å². The summed E-state index contributed by atoms with van der Waals surface area (Å²) >= 11 is 7.37. The Labute approximate surface area is 143 Å². The molecule has 0 aliphatic carbocycles. The predicted octanol–water partition coefficient (Wildman–Crippen LogP) is 4.64. The van der Waals surface area contributed by atoms with Gasteiger partial charge in [-0.25, -0.2) is 4.98 Å². The van der Waals surface area contributed by atoms with Crippen molar-refractivity contribution in [1.29, 1.82) is 0 Å². The Bertz CT molecular complexity index is 840. The minimum atomic E-state index is -0.129. The highest BCUT2D eigenvalue weighted by Crippen LogP contribution is 2.26. The lowest BCUT2D eigenvalue weighted by molar-refractivity contribution is 0.0780. The number of aryl methyl sites for hydroxylation is 1. The van der Waals surface area contributed by atoms with E-state index in [9.17, 15) is 4.79 Å². The van der Waals surface area contributed by atoms with Crippen LogP contribution in [0.4, 0.5) is 0 Å². The lowest BCUT2D eigenvalue weighted by Crippen LogP contribution is -2.26. The molecule has 118 valence electrons. The second kappa shape index (κ2) is 6.56. The predicted molar refractivity (Wildman–Crippen MR) is 91.8 cm³/mol. The second-order valence-electron chi connectivity index (χ2n) is 5.24. The third kappa shape index (κ3) is 3.63. The Balaban J connectivity index is 1.74. The molecule has 1 amide bonds. The molecule has 0 spiro atoms. The van der Waals surface area contributed by atoms with Gasteiger partial charge >= 0.3 is 0 Å². The standard InChI is InChI=1S/C17H15ClN2O2S/c1-11-6-7-15(22-11)16-19-14(10-23-16)17(21)20(2)9-12-4-3-5-13(18)8-12/h3-8,10H,9H2,1-2H3. The van der Waals surface area contributed by atoms with E-state index < -0.39 is 0 Å². The van der Waals surface area contributed by atoms with Gasteiger partial charge in [0.15, 0.2) is 10.8 Å². The summed E-state index contributed by atoms with van der Waals surface area (Å²) in [4.78, 5) is 18.5. The van der Waals surface area contributed by atoms with E-state index in [4.69, 9.17) is 16.0 Å².